The summed E-state index contributed by atoms with van der Waals surface area (Å²) >= 11 is 0. The van der Waals surface area contributed by atoms with Crippen LogP contribution in [0.25, 0.3) is 5.69 Å². The molecule has 0 aliphatic carbocycles. The Bertz CT molecular complexity index is 1460. The van der Waals surface area contributed by atoms with Gasteiger partial charge in [0.1, 0.15) is 29.4 Å². The third-order valence-electron chi connectivity index (χ3n) is 6.12. The highest BCUT2D eigenvalue weighted by molar-refractivity contribution is 7.90. The maximum atomic E-state index is 11.8. The van der Waals surface area contributed by atoms with Crippen LogP contribution in [0.15, 0.2) is 53.7 Å². The molecular formula is C24H27N7O3S. The molecular weight excluding hydrogens is 466 g/mol. The zero-order valence-corrected chi connectivity index (χ0v) is 20.7. The minimum Gasteiger partial charge on any atom is -0.494 e. The van der Waals surface area contributed by atoms with Crippen LogP contribution in [-0.2, 0) is 16.4 Å². The highest BCUT2D eigenvalue weighted by Crippen LogP contribution is 2.33. The van der Waals surface area contributed by atoms with Crippen LogP contribution in [0.3, 0.4) is 0 Å². The van der Waals surface area contributed by atoms with Crippen molar-refractivity contribution < 1.29 is 13.2 Å². The van der Waals surface area contributed by atoms with Crippen LogP contribution in [0.1, 0.15) is 42.4 Å². The summed E-state index contributed by atoms with van der Waals surface area (Å²) in [7, 11) is -1.62. The molecule has 1 unspecified atom stereocenters. The van der Waals surface area contributed by atoms with Crippen molar-refractivity contribution in [1.29, 1.82) is 0 Å². The minimum atomic E-state index is -3.24. The molecule has 0 spiro atoms. The first kappa shape index (κ1) is 23.0. The average molecular weight is 494 g/mol. The summed E-state index contributed by atoms with van der Waals surface area (Å²) in [6.07, 6.45) is 5.85. The van der Waals surface area contributed by atoms with Crippen LogP contribution in [0.4, 0.5) is 11.6 Å². The summed E-state index contributed by atoms with van der Waals surface area (Å²) in [6.45, 7) is 2.62. The predicted octanol–water partition coefficient (Wildman–Crippen LogP) is 3.64. The lowest BCUT2D eigenvalue weighted by molar-refractivity contribution is 0.412. The molecule has 2 aromatic carbocycles. The van der Waals surface area contributed by atoms with E-state index < -0.39 is 9.84 Å². The summed E-state index contributed by atoms with van der Waals surface area (Å²) in [4.78, 5) is 9.33. The Balaban J connectivity index is 1.42. The second-order valence-corrected chi connectivity index (χ2v) is 10.7. The van der Waals surface area contributed by atoms with Crippen LogP contribution in [-0.4, -0.2) is 51.3 Å². The van der Waals surface area contributed by atoms with Crippen LogP contribution < -0.4 is 10.1 Å². The Hall–Kier alpha value is -3.73. The highest BCUT2D eigenvalue weighted by atomic mass is 32.2. The largest absolute Gasteiger partial charge is 0.494 e. The maximum absolute atomic E-state index is 11.8. The molecule has 10 nitrogen and oxygen atoms in total. The van der Waals surface area contributed by atoms with Gasteiger partial charge in [-0.25, -0.2) is 22.8 Å². The smallest absolute Gasteiger partial charge is 0.246 e. The van der Waals surface area contributed by atoms with Crippen molar-refractivity contribution in [2.45, 2.75) is 43.5 Å². The Morgan fingerprint density at radius 2 is 1.89 bits per heavy atom. The van der Waals surface area contributed by atoms with Crippen molar-refractivity contribution in [2.24, 2.45) is 0 Å². The quantitative estimate of drug-likeness (QED) is 0.433. The fourth-order valence-corrected chi connectivity index (χ4v) is 5.00. The number of sulfone groups is 1. The van der Waals surface area contributed by atoms with E-state index in [0.717, 1.165) is 48.6 Å². The van der Waals surface area contributed by atoms with Gasteiger partial charge in [0.15, 0.2) is 9.84 Å². The number of methoxy groups -OCH3 is 1. The maximum Gasteiger partial charge on any atom is 0.246 e. The van der Waals surface area contributed by atoms with Gasteiger partial charge < -0.3 is 10.1 Å². The van der Waals surface area contributed by atoms with Gasteiger partial charge in [0.05, 0.1) is 12.0 Å². The van der Waals surface area contributed by atoms with Crippen LogP contribution >= 0.6 is 0 Å². The monoisotopic (exact) mass is 493 g/mol. The lowest BCUT2D eigenvalue weighted by Crippen LogP contribution is -2.09. The number of nitrogens with one attached hydrogen (secondary N) is 1. The van der Waals surface area contributed by atoms with Gasteiger partial charge in [-0.15, -0.1) is 5.10 Å². The molecule has 5 rings (SSSR count). The van der Waals surface area contributed by atoms with Gasteiger partial charge in [-0.05, 0) is 49.6 Å². The molecule has 0 fully saturated rings. The SMILES string of the molecule is COc1cc(Nc2nc3n(n2)CCCCC3c2ccc(S(C)(=O)=O)cc2)ccc1-n1cnc(C)n1. The van der Waals surface area contributed by atoms with Crippen LogP contribution in [0.2, 0.25) is 0 Å². The molecule has 35 heavy (non-hydrogen) atoms. The normalized spacial score (nSPS) is 15.9. The number of ether oxygens (including phenoxy) is 1. The average Bonchev–Trinajstić information content (AvgIpc) is 3.39. The summed E-state index contributed by atoms with van der Waals surface area (Å²) < 4.78 is 32.9. The Labute approximate surface area is 203 Å². The molecule has 2 aromatic heterocycles. The van der Waals surface area contributed by atoms with Gasteiger partial charge in [0, 0.05) is 30.5 Å². The van der Waals surface area contributed by atoms with Gasteiger partial charge >= 0.3 is 0 Å². The van der Waals surface area contributed by atoms with E-state index in [0.29, 0.717) is 22.4 Å². The Kier molecular flexibility index (Phi) is 6.01. The van der Waals surface area contributed by atoms with Crippen molar-refractivity contribution in [3.05, 3.63) is 66.0 Å². The summed E-state index contributed by atoms with van der Waals surface area (Å²) in [6, 6.07) is 12.8. The fourth-order valence-electron chi connectivity index (χ4n) is 4.37. The number of hydrogen-bond donors (Lipinski definition) is 1. The zero-order chi connectivity index (χ0) is 24.6. The number of nitrogens with zero attached hydrogens (tertiary/aromatic N) is 6. The molecule has 3 heterocycles. The van der Waals surface area contributed by atoms with Crippen molar-refractivity contribution in [3.8, 4) is 11.4 Å². The van der Waals surface area contributed by atoms with Gasteiger partial charge in [0.2, 0.25) is 5.95 Å². The number of aryl methyl sites for hydroxylation is 2. The zero-order valence-electron chi connectivity index (χ0n) is 19.8. The van der Waals surface area contributed by atoms with E-state index in [2.05, 4.69) is 15.4 Å². The van der Waals surface area contributed by atoms with E-state index in [9.17, 15) is 8.42 Å². The van der Waals surface area contributed by atoms with Crippen molar-refractivity contribution >= 4 is 21.5 Å². The number of benzene rings is 2. The molecule has 4 aromatic rings. The van der Waals surface area contributed by atoms with E-state index in [4.69, 9.17) is 14.8 Å². The van der Waals surface area contributed by atoms with Gasteiger partial charge in [0.25, 0.3) is 0 Å². The predicted molar refractivity (Wildman–Crippen MR) is 131 cm³/mol. The summed E-state index contributed by atoms with van der Waals surface area (Å²) in [5, 5.41) is 12.4. The van der Waals surface area contributed by atoms with E-state index in [-0.39, 0.29) is 5.92 Å². The first-order chi connectivity index (χ1) is 16.8. The highest BCUT2D eigenvalue weighted by Gasteiger charge is 2.25. The van der Waals surface area contributed by atoms with Crippen molar-refractivity contribution in [1.82, 2.24) is 29.5 Å². The molecule has 182 valence electrons. The van der Waals surface area contributed by atoms with Crippen LogP contribution in [0, 0.1) is 6.92 Å². The lowest BCUT2D eigenvalue weighted by Gasteiger charge is -2.14. The van der Waals surface area contributed by atoms with Gasteiger partial charge in [-0.2, -0.15) is 10.1 Å². The minimum absolute atomic E-state index is 0.0432. The second-order valence-electron chi connectivity index (χ2n) is 8.65. The Morgan fingerprint density at radius 1 is 1.09 bits per heavy atom. The first-order valence-electron chi connectivity index (χ1n) is 11.4. The van der Waals surface area contributed by atoms with Crippen molar-refractivity contribution in [2.75, 3.05) is 18.7 Å². The number of rotatable bonds is 6. The molecule has 1 aliphatic rings. The molecule has 0 saturated carbocycles. The third kappa shape index (κ3) is 4.76. The molecule has 1 atom stereocenters. The van der Waals surface area contributed by atoms with Gasteiger partial charge in [-0.1, -0.05) is 18.6 Å². The topological polar surface area (TPSA) is 117 Å². The lowest BCUT2D eigenvalue weighted by atomic mass is 9.94. The van der Waals surface area contributed by atoms with E-state index in [1.807, 2.05) is 41.9 Å². The summed E-state index contributed by atoms with van der Waals surface area (Å²) in [5.41, 5.74) is 2.61. The summed E-state index contributed by atoms with van der Waals surface area (Å²) in [5.74, 6) is 2.74. The standard InChI is InChI=1S/C24H27N7O3S/c1-16-25-15-31(28-16)21-12-9-18(14-22(21)34-2)26-24-27-23-20(6-4-5-13-30(23)29-24)17-7-10-19(11-8-17)35(3,32)33/h7-12,14-15,20H,4-6,13H2,1-3H3,(H,26,29). The fraction of sp³-hybridized carbons (Fsp3) is 0.333. The van der Waals surface area contributed by atoms with E-state index in [1.54, 1.807) is 30.3 Å². The van der Waals surface area contributed by atoms with Crippen LogP contribution in [0.5, 0.6) is 5.75 Å². The van der Waals surface area contributed by atoms with Crippen molar-refractivity contribution in [3.63, 3.8) is 0 Å². The Morgan fingerprint density at radius 3 is 2.57 bits per heavy atom. The number of aromatic nitrogens is 6. The first-order valence-corrected chi connectivity index (χ1v) is 13.3. The molecule has 1 aliphatic heterocycles. The number of fused-ring (bicyclic) bond motifs is 1. The molecule has 0 bridgehead atoms. The number of anilines is 2. The molecule has 1 N–H and O–H groups in total. The van der Waals surface area contributed by atoms with Gasteiger partial charge in [-0.3, -0.25) is 0 Å². The molecule has 0 radical (unpaired) electrons. The molecule has 0 saturated heterocycles. The number of hydrogen-bond acceptors (Lipinski definition) is 8. The third-order valence-corrected chi connectivity index (χ3v) is 7.25. The second kappa shape index (κ2) is 9.14. The molecule has 0 amide bonds. The molecule has 11 heteroatoms. The van der Waals surface area contributed by atoms with E-state index in [1.165, 1.54) is 6.26 Å². The van der Waals surface area contributed by atoms with E-state index >= 15 is 0 Å².